The molecule has 150 valence electrons. The zero-order chi connectivity index (χ0) is 20.4. The number of carbonyl (C=O) groups excluding carboxylic acids is 2. The highest BCUT2D eigenvalue weighted by Gasteiger charge is 2.27. The predicted molar refractivity (Wildman–Crippen MR) is 103 cm³/mol. The number of ether oxygens (including phenoxy) is 1. The Kier molecular flexibility index (Phi) is 6.03. The smallest absolute Gasteiger partial charge is 0.343 e. The molecule has 0 spiro atoms. The Balaban J connectivity index is 1.69. The van der Waals surface area contributed by atoms with Gasteiger partial charge in [-0.15, -0.1) is 0 Å². The summed E-state index contributed by atoms with van der Waals surface area (Å²) in [5, 5.41) is 4.29. The number of piperidine rings is 1. The van der Waals surface area contributed by atoms with Gasteiger partial charge in [0.25, 0.3) is 5.91 Å². The van der Waals surface area contributed by atoms with Gasteiger partial charge in [0.1, 0.15) is 16.5 Å². The number of aryl methyl sites for hydroxylation is 1. The van der Waals surface area contributed by atoms with Gasteiger partial charge in [0.15, 0.2) is 6.61 Å². The molecule has 0 radical (unpaired) electrons. The van der Waals surface area contributed by atoms with Crippen molar-refractivity contribution < 1.29 is 18.7 Å². The Morgan fingerprint density at radius 2 is 1.82 bits per heavy atom. The minimum atomic E-state index is -0.706. The lowest BCUT2D eigenvalue weighted by atomic mass is 9.92. The van der Waals surface area contributed by atoms with E-state index in [0.717, 1.165) is 6.42 Å². The lowest BCUT2D eigenvalue weighted by molar-refractivity contribution is -0.137. The first-order chi connectivity index (χ1) is 13.3. The van der Waals surface area contributed by atoms with E-state index in [2.05, 4.69) is 18.9 Å². The first-order valence-electron chi connectivity index (χ1n) is 9.22. The van der Waals surface area contributed by atoms with Crippen molar-refractivity contribution >= 4 is 23.5 Å². The van der Waals surface area contributed by atoms with Crippen molar-refractivity contribution in [1.82, 2.24) is 14.7 Å². The summed E-state index contributed by atoms with van der Waals surface area (Å²) in [5.41, 5.74) is 0.979. The third kappa shape index (κ3) is 4.35. The fraction of sp³-hybridized carbons (Fsp3) is 0.450. The Bertz CT molecular complexity index is 872. The van der Waals surface area contributed by atoms with E-state index in [1.54, 1.807) is 11.8 Å². The number of hydrogen-bond donors (Lipinski definition) is 0. The monoisotopic (exact) mass is 407 g/mol. The molecule has 0 bridgehead atoms. The highest BCUT2D eigenvalue weighted by atomic mass is 35.5. The summed E-state index contributed by atoms with van der Waals surface area (Å²) in [6.45, 7) is 6.84. The molecule has 1 fully saturated rings. The maximum atomic E-state index is 13.1. The molecule has 1 saturated heterocycles. The van der Waals surface area contributed by atoms with Crippen molar-refractivity contribution in [2.45, 2.75) is 27.2 Å². The summed E-state index contributed by atoms with van der Waals surface area (Å²) in [4.78, 5) is 26.7. The van der Waals surface area contributed by atoms with Crippen molar-refractivity contribution in [2.24, 2.45) is 11.8 Å². The normalized spacial score (nSPS) is 19.5. The van der Waals surface area contributed by atoms with Crippen LogP contribution in [-0.4, -0.2) is 46.3 Å². The minimum absolute atomic E-state index is 0.0572. The summed E-state index contributed by atoms with van der Waals surface area (Å²) < 4.78 is 19.7. The molecule has 8 heteroatoms. The number of aromatic nitrogens is 2. The second-order valence-electron chi connectivity index (χ2n) is 7.46. The van der Waals surface area contributed by atoms with Gasteiger partial charge in [-0.25, -0.2) is 13.9 Å². The van der Waals surface area contributed by atoms with E-state index in [4.69, 9.17) is 16.3 Å². The van der Waals surface area contributed by atoms with Crippen LogP contribution < -0.4 is 0 Å². The van der Waals surface area contributed by atoms with Crippen molar-refractivity contribution in [2.75, 3.05) is 19.7 Å². The minimum Gasteiger partial charge on any atom is -0.452 e. The van der Waals surface area contributed by atoms with Gasteiger partial charge in [-0.3, -0.25) is 4.79 Å². The summed E-state index contributed by atoms with van der Waals surface area (Å²) >= 11 is 6.31. The number of amides is 1. The van der Waals surface area contributed by atoms with Crippen LogP contribution in [0.3, 0.4) is 0 Å². The zero-order valence-corrected chi connectivity index (χ0v) is 16.9. The largest absolute Gasteiger partial charge is 0.452 e. The van der Waals surface area contributed by atoms with E-state index < -0.39 is 5.97 Å². The summed E-state index contributed by atoms with van der Waals surface area (Å²) in [5.74, 6) is -0.458. The number of benzene rings is 1. The van der Waals surface area contributed by atoms with Crippen molar-refractivity contribution in [3.63, 3.8) is 0 Å². The topological polar surface area (TPSA) is 64.4 Å². The maximum Gasteiger partial charge on any atom is 0.343 e. The number of rotatable bonds is 4. The molecule has 0 aliphatic carbocycles. The number of nitrogens with zero attached hydrogens (tertiary/aromatic N) is 3. The van der Waals surface area contributed by atoms with Crippen LogP contribution >= 0.6 is 11.6 Å². The van der Waals surface area contributed by atoms with Gasteiger partial charge >= 0.3 is 5.97 Å². The van der Waals surface area contributed by atoms with Gasteiger partial charge in [-0.1, -0.05) is 25.4 Å². The second kappa shape index (κ2) is 8.31. The Hall–Kier alpha value is -2.41. The lowest BCUT2D eigenvalue weighted by Crippen LogP contribution is -2.44. The van der Waals surface area contributed by atoms with Crippen molar-refractivity contribution in [3.05, 3.63) is 46.5 Å². The van der Waals surface area contributed by atoms with Crippen LogP contribution in [0.4, 0.5) is 4.39 Å². The third-order valence-corrected chi connectivity index (χ3v) is 5.18. The second-order valence-corrected chi connectivity index (χ2v) is 7.82. The molecule has 6 nitrogen and oxygen atoms in total. The summed E-state index contributed by atoms with van der Waals surface area (Å²) in [6, 6.07) is 5.57. The lowest BCUT2D eigenvalue weighted by Gasteiger charge is -2.34. The number of likely N-dealkylation sites (tertiary alicyclic amines) is 1. The average Bonchev–Trinajstić information content (AvgIpc) is 2.93. The van der Waals surface area contributed by atoms with E-state index in [0.29, 0.717) is 36.3 Å². The van der Waals surface area contributed by atoms with Gasteiger partial charge in [0.2, 0.25) is 0 Å². The number of esters is 1. The molecule has 3 rings (SSSR count). The van der Waals surface area contributed by atoms with Crippen LogP contribution in [0.1, 0.15) is 36.3 Å². The molecule has 2 atom stereocenters. The van der Waals surface area contributed by atoms with Gasteiger partial charge < -0.3 is 9.64 Å². The van der Waals surface area contributed by atoms with Crippen LogP contribution in [-0.2, 0) is 9.53 Å². The van der Waals surface area contributed by atoms with Gasteiger partial charge in [-0.2, -0.15) is 5.10 Å². The highest BCUT2D eigenvalue weighted by Crippen LogP contribution is 2.25. The fourth-order valence-corrected chi connectivity index (χ4v) is 3.99. The Morgan fingerprint density at radius 1 is 1.21 bits per heavy atom. The molecule has 28 heavy (non-hydrogen) atoms. The Morgan fingerprint density at radius 3 is 2.43 bits per heavy atom. The van der Waals surface area contributed by atoms with Crippen molar-refractivity contribution in [3.8, 4) is 5.69 Å². The molecular weight excluding hydrogens is 385 g/mol. The molecule has 1 aliphatic rings. The molecular formula is C20H23ClFN3O3. The number of halogens is 2. The molecule has 2 heterocycles. The Labute approximate surface area is 168 Å². The first-order valence-corrected chi connectivity index (χ1v) is 9.60. The zero-order valence-electron chi connectivity index (χ0n) is 16.1. The number of hydrogen-bond acceptors (Lipinski definition) is 4. The molecule has 0 saturated carbocycles. The molecule has 2 unspecified atom stereocenters. The van der Waals surface area contributed by atoms with E-state index in [-0.39, 0.29) is 29.0 Å². The van der Waals surface area contributed by atoms with E-state index >= 15 is 0 Å². The van der Waals surface area contributed by atoms with Gasteiger partial charge in [0.05, 0.1) is 11.4 Å². The van der Waals surface area contributed by atoms with E-state index in [1.807, 2.05) is 0 Å². The molecule has 2 aromatic rings. The average molecular weight is 408 g/mol. The molecule has 1 aromatic carbocycles. The van der Waals surface area contributed by atoms with Crippen molar-refractivity contribution in [1.29, 1.82) is 0 Å². The molecule has 1 amide bonds. The summed E-state index contributed by atoms with van der Waals surface area (Å²) in [6.07, 6.45) is 1.08. The summed E-state index contributed by atoms with van der Waals surface area (Å²) in [7, 11) is 0. The van der Waals surface area contributed by atoms with E-state index in [1.165, 1.54) is 28.9 Å². The third-order valence-electron chi connectivity index (χ3n) is 4.83. The van der Waals surface area contributed by atoms with Crippen LogP contribution in [0.2, 0.25) is 5.15 Å². The quantitative estimate of drug-likeness (QED) is 0.726. The molecule has 1 aliphatic heterocycles. The molecule has 1 aromatic heterocycles. The standard InChI is InChI=1S/C20H23ClFN3O3/c1-12-8-13(2)10-24(9-12)17(26)11-28-20(27)18-14(3)23-25(19(18)21)16-6-4-15(22)5-7-16/h4-7,12-13H,8-11H2,1-3H3. The maximum absolute atomic E-state index is 13.1. The van der Waals surface area contributed by atoms with E-state index in [9.17, 15) is 14.0 Å². The SMILES string of the molecule is Cc1nn(-c2ccc(F)cc2)c(Cl)c1C(=O)OCC(=O)N1CC(C)CC(C)C1. The predicted octanol–water partition coefficient (Wildman–Crippen LogP) is 3.63. The van der Waals surface area contributed by atoms with Gasteiger partial charge in [-0.05, 0) is 49.4 Å². The van der Waals surface area contributed by atoms with Gasteiger partial charge in [0, 0.05) is 13.1 Å². The highest BCUT2D eigenvalue weighted by molar-refractivity contribution is 6.33. The van der Waals surface area contributed by atoms with Crippen LogP contribution in [0.25, 0.3) is 5.69 Å². The van der Waals surface area contributed by atoms with Crippen LogP contribution in [0, 0.1) is 24.6 Å². The molecule has 0 N–H and O–H groups in total. The van der Waals surface area contributed by atoms with Crippen LogP contribution in [0.5, 0.6) is 0 Å². The first kappa shape index (κ1) is 20.3. The van der Waals surface area contributed by atoms with Crippen LogP contribution in [0.15, 0.2) is 24.3 Å². The fourth-order valence-electron chi connectivity index (χ4n) is 3.64. The number of carbonyl (C=O) groups is 2.